The van der Waals surface area contributed by atoms with Gasteiger partial charge < -0.3 is 16.4 Å². The van der Waals surface area contributed by atoms with Crippen LogP contribution in [0.3, 0.4) is 0 Å². The van der Waals surface area contributed by atoms with Crippen molar-refractivity contribution in [2.45, 2.75) is 0 Å². The largest absolute Gasteiger partial charge is 0.375 e. The zero-order valence-electron chi connectivity index (χ0n) is 11.7. The summed E-state index contributed by atoms with van der Waals surface area (Å²) in [5.74, 6) is -1.59. The Morgan fingerprint density at radius 1 is 1.09 bits per heavy atom. The lowest BCUT2D eigenvalue weighted by Crippen LogP contribution is -2.23. The predicted molar refractivity (Wildman–Crippen MR) is 88.5 cm³/mol. The van der Waals surface area contributed by atoms with Crippen molar-refractivity contribution in [2.24, 2.45) is 5.73 Å². The van der Waals surface area contributed by atoms with Crippen LogP contribution in [0.1, 0.15) is 10.4 Å². The molecule has 0 fully saturated rings. The quantitative estimate of drug-likeness (QED) is 0.769. The highest BCUT2D eigenvalue weighted by Gasteiger charge is 2.11. The fourth-order valence-corrected chi connectivity index (χ4v) is 2.22. The topological polar surface area (TPSA) is 84.2 Å². The Hall–Kier alpha value is -2.31. The Morgan fingerprint density at radius 3 is 2.48 bits per heavy atom. The maximum absolute atomic E-state index is 12.9. The molecule has 8 heteroatoms. The van der Waals surface area contributed by atoms with Crippen LogP contribution in [-0.4, -0.2) is 18.4 Å². The Kier molecular flexibility index (Phi) is 5.41. The van der Waals surface area contributed by atoms with Crippen LogP contribution in [0.15, 0.2) is 36.4 Å². The summed E-state index contributed by atoms with van der Waals surface area (Å²) >= 11 is 11.7. The molecule has 0 radical (unpaired) electrons. The molecule has 2 rings (SSSR count). The molecule has 23 heavy (non-hydrogen) atoms. The molecule has 0 atom stereocenters. The van der Waals surface area contributed by atoms with Crippen LogP contribution in [0, 0.1) is 5.82 Å². The van der Waals surface area contributed by atoms with E-state index in [1.807, 2.05) is 0 Å². The minimum Gasteiger partial charge on any atom is -0.375 e. The summed E-state index contributed by atoms with van der Waals surface area (Å²) in [5, 5.41) is 5.76. The molecule has 0 bridgehead atoms. The fourth-order valence-electron chi connectivity index (χ4n) is 1.84. The highest BCUT2D eigenvalue weighted by molar-refractivity contribution is 6.33. The lowest BCUT2D eigenvalue weighted by Gasteiger charge is -2.11. The van der Waals surface area contributed by atoms with E-state index in [-0.39, 0.29) is 22.8 Å². The van der Waals surface area contributed by atoms with E-state index in [0.717, 1.165) is 6.07 Å². The zero-order valence-corrected chi connectivity index (χ0v) is 13.2. The molecule has 2 amide bonds. The molecule has 0 heterocycles. The first kappa shape index (κ1) is 17.1. The van der Waals surface area contributed by atoms with Crippen LogP contribution in [0.25, 0.3) is 0 Å². The summed E-state index contributed by atoms with van der Waals surface area (Å²) in [7, 11) is 0. The molecule has 0 spiro atoms. The van der Waals surface area contributed by atoms with E-state index in [0.29, 0.717) is 10.7 Å². The molecule has 0 aliphatic rings. The standard InChI is InChI=1S/C15H12Cl2FN3O2/c16-8-1-3-10(15(19)23)13(5-8)20-7-14(22)21-12-4-2-9(18)6-11(12)17/h1-6,20H,7H2,(H2,19,23)(H,21,22). The molecule has 0 unspecified atom stereocenters. The predicted octanol–water partition coefficient (Wildman–Crippen LogP) is 3.28. The smallest absolute Gasteiger partial charge is 0.250 e. The van der Waals surface area contributed by atoms with Gasteiger partial charge in [0.2, 0.25) is 5.91 Å². The number of benzene rings is 2. The van der Waals surface area contributed by atoms with Gasteiger partial charge >= 0.3 is 0 Å². The maximum Gasteiger partial charge on any atom is 0.250 e. The average molecular weight is 356 g/mol. The van der Waals surface area contributed by atoms with Crippen LogP contribution in [0.4, 0.5) is 15.8 Å². The zero-order chi connectivity index (χ0) is 17.0. The van der Waals surface area contributed by atoms with Crippen molar-refractivity contribution < 1.29 is 14.0 Å². The third kappa shape index (κ3) is 4.58. The van der Waals surface area contributed by atoms with E-state index in [1.165, 1.54) is 30.3 Å². The lowest BCUT2D eigenvalue weighted by atomic mass is 10.1. The molecule has 2 aromatic carbocycles. The molecule has 0 saturated carbocycles. The van der Waals surface area contributed by atoms with Crippen molar-refractivity contribution in [3.63, 3.8) is 0 Å². The maximum atomic E-state index is 12.9. The monoisotopic (exact) mass is 355 g/mol. The van der Waals surface area contributed by atoms with Crippen molar-refractivity contribution in [1.29, 1.82) is 0 Å². The van der Waals surface area contributed by atoms with E-state index in [2.05, 4.69) is 10.6 Å². The Morgan fingerprint density at radius 2 is 1.83 bits per heavy atom. The number of carbonyl (C=O) groups is 2. The summed E-state index contributed by atoms with van der Waals surface area (Å²) in [6.45, 7) is -0.158. The number of primary amides is 1. The van der Waals surface area contributed by atoms with Gasteiger partial charge in [-0.3, -0.25) is 9.59 Å². The van der Waals surface area contributed by atoms with Crippen molar-refractivity contribution >= 4 is 46.4 Å². The van der Waals surface area contributed by atoms with Crippen LogP contribution in [0.2, 0.25) is 10.0 Å². The summed E-state index contributed by atoms with van der Waals surface area (Å²) in [4.78, 5) is 23.2. The van der Waals surface area contributed by atoms with Gasteiger partial charge in [0.1, 0.15) is 5.82 Å². The molecule has 0 aliphatic carbocycles. The summed E-state index contributed by atoms with van der Waals surface area (Å²) in [6, 6.07) is 8.08. The number of anilines is 2. The number of hydrogen-bond donors (Lipinski definition) is 3. The first-order valence-electron chi connectivity index (χ1n) is 6.45. The van der Waals surface area contributed by atoms with Gasteiger partial charge in [-0.2, -0.15) is 0 Å². The first-order chi connectivity index (χ1) is 10.9. The number of rotatable bonds is 5. The lowest BCUT2D eigenvalue weighted by molar-refractivity contribution is -0.114. The molecule has 120 valence electrons. The van der Waals surface area contributed by atoms with Gasteiger partial charge in [0, 0.05) is 10.7 Å². The van der Waals surface area contributed by atoms with Crippen LogP contribution in [0.5, 0.6) is 0 Å². The normalized spacial score (nSPS) is 10.2. The summed E-state index contributed by atoms with van der Waals surface area (Å²) < 4.78 is 12.9. The van der Waals surface area contributed by atoms with Gasteiger partial charge in [-0.1, -0.05) is 23.2 Å². The van der Waals surface area contributed by atoms with Gasteiger partial charge in [-0.05, 0) is 36.4 Å². The van der Waals surface area contributed by atoms with E-state index in [1.54, 1.807) is 0 Å². The fraction of sp³-hybridized carbons (Fsp3) is 0.0667. The van der Waals surface area contributed by atoms with Gasteiger partial charge in [0.15, 0.2) is 0 Å². The van der Waals surface area contributed by atoms with E-state index >= 15 is 0 Å². The number of hydrogen-bond acceptors (Lipinski definition) is 3. The molecule has 2 aromatic rings. The second-order valence-corrected chi connectivity index (χ2v) is 5.42. The van der Waals surface area contributed by atoms with E-state index in [4.69, 9.17) is 28.9 Å². The molecule has 5 nitrogen and oxygen atoms in total. The van der Waals surface area contributed by atoms with Gasteiger partial charge in [0.05, 0.1) is 22.8 Å². The molecule has 0 aliphatic heterocycles. The molecular formula is C15H12Cl2FN3O2. The van der Waals surface area contributed by atoms with Crippen LogP contribution < -0.4 is 16.4 Å². The first-order valence-corrected chi connectivity index (χ1v) is 7.20. The molecule has 4 N–H and O–H groups in total. The van der Waals surface area contributed by atoms with E-state index in [9.17, 15) is 14.0 Å². The van der Waals surface area contributed by atoms with E-state index < -0.39 is 17.6 Å². The van der Waals surface area contributed by atoms with Crippen molar-refractivity contribution in [3.8, 4) is 0 Å². The van der Waals surface area contributed by atoms with Crippen LogP contribution in [-0.2, 0) is 4.79 Å². The third-order valence-corrected chi connectivity index (χ3v) is 3.44. The summed E-state index contributed by atoms with van der Waals surface area (Å²) in [6.07, 6.45) is 0. The number of halogens is 3. The van der Waals surface area contributed by atoms with Crippen molar-refractivity contribution in [3.05, 3.63) is 57.8 Å². The summed E-state index contributed by atoms with van der Waals surface area (Å²) in [5.41, 5.74) is 6.08. The van der Waals surface area contributed by atoms with Gasteiger partial charge in [-0.15, -0.1) is 0 Å². The minimum absolute atomic E-state index is 0.0823. The Balaban J connectivity index is 2.05. The number of nitrogens with one attached hydrogen (secondary N) is 2. The van der Waals surface area contributed by atoms with Gasteiger partial charge in [0.25, 0.3) is 5.91 Å². The third-order valence-electron chi connectivity index (χ3n) is 2.89. The highest BCUT2D eigenvalue weighted by atomic mass is 35.5. The molecular weight excluding hydrogens is 344 g/mol. The average Bonchev–Trinajstić information content (AvgIpc) is 2.48. The van der Waals surface area contributed by atoms with Crippen molar-refractivity contribution in [1.82, 2.24) is 0 Å². The van der Waals surface area contributed by atoms with Gasteiger partial charge in [-0.25, -0.2) is 4.39 Å². The number of amides is 2. The SMILES string of the molecule is NC(=O)c1ccc(Cl)cc1NCC(=O)Nc1ccc(F)cc1Cl. The second-order valence-electron chi connectivity index (χ2n) is 4.58. The Labute approximate surface area is 141 Å². The minimum atomic E-state index is -0.647. The van der Waals surface area contributed by atoms with Crippen LogP contribution >= 0.6 is 23.2 Å². The Bertz CT molecular complexity index is 768. The number of nitrogens with two attached hydrogens (primary N) is 1. The molecule has 0 saturated heterocycles. The molecule has 0 aromatic heterocycles. The highest BCUT2D eigenvalue weighted by Crippen LogP contribution is 2.23. The van der Waals surface area contributed by atoms with Crippen molar-refractivity contribution in [2.75, 3.05) is 17.2 Å². The second kappa shape index (κ2) is 7.30. The number of carbonyl (C=O) groups excluding carboxylic acids is 2.